The van der Waals surface area contributed by atoms with Gasteiger partial charge in [0, 0.05) is 18.0 Å². The average Bonchev–Trinajstić information content (AvgIpc) is 2.69. The third-order valence-electron chi connectivity index (χ3n) is 1.80. The molecule has 0 fully saturated rings. The number of carbonyl (C=O) groups excluding carboxylic acids is 1. The summed E-state index contributed by atoms with van der Waals surface area (Å²) < 4.78 is 12.8. The van der Waals surface area contributed by atoms with E-state index >= 15 is 0 Å². The zero-order valence-electron chi connectivity index (χ0n) is 7.20. The van der Waals surface area contributed by atoms with Gasteiger partial charge in [0.25, 0.3) is 0 Å². The van der Waals surface area contributed by atoms with Crippen LogP contribution < -0.4 is 0 Å². The number of ketones is 1. The van der Waals surface area contributed by atoms with Crippen molar-refractivity contribution in [2.45, 2.75) is 0 Å². The molecule has 1 aromatic heterocycles. The van der Waals surface area contributed by atoms with Gasteiger partial charge in [-0.2, -0.15) is 0 Å². The molecule has 70 valence electrons. The van der Waals surface area contributed by atoms with E-state index < -0.39 is 5.82 Å². The number of hydrogen-bond acceptors (Lipinski definition) is 2. The van der Waals surface area contributed by atoms with Crippen molar-refractivity contribution in [1.29, 1.82) is 0 Å². The van der Waals surface area contributed by atoms with Crippen LogP contribution >= 0.6 is 0 Å². The molecule has 0 saturated heterocycles. The van der Waals surface area contributed by atoms with Crippen LogP contribution in [-0.4, -0.2) is 15.8 Å². The number of hydrogen-bond donors (Lipinski definition) is 1. The standard InChI is InChI=1S/C10H7FN2O/c11-8-3-1-2-7(6-8)9(14)10-12-4-5-13-10/h1-6H,(H,12,13). The maximum atomic E-state index is 12.8. The van der Waals surface area contributed by atoms with E-state index in [1.165, 1.54) is 24.4 Å². The Bertz CT molecular complexity index is 451. The third-order valence-corrected chi connectivity index (χ3v) is 1.80. The fourth-order valence-electron chi connectivity index (χ4n) is 1.16. The number of halogens is 1. The van der Waals surface area contributed by atoms with Gasteiger partial charge in [0.15, 0.2) is 5.82 Å². The first kappa shape index (κ1) is 8.62. The molecule has 3 nitrogen and oxygen atoms in total. The molecule has 2 rings (SSSR count). The molecule has 1 heterocycles. The Kier molecular flexibility index (Phi) is 2.10. The molecule has 0 saturated carbocycles. The van der Waals surface area contributed by atoms with Crippen molar-refractivity contribution in [3.8, 4) is 0 Å². The molecule has 0 aliphatic heterocycles. The highest BCUT2D eigenvalue weighted by Crippen LogP contribution is 2.07. The monoisotopic (exact) mass is 190 g/mol. The summed E-state index contributed by atoms with van der Waals surface area (Å²) in [5.41, 5.74) is 0.292. The fraction of sp³-hybridized carbons (Fsp3) is 0. The number of H-pyrrole nitrogens is 1. The number of aromatic amines is 1. The highest BCUT2D eigenvalue weighted by Gasteiger charge is 2.11. The summed E-state index contributed by atoms with van der Waals surface area (Å²) in [6, 6.07) is 5.52. The number of nitrogens with zero attached hydrogens (tertiary/aromatic N) is 1. The molecule has 2 aromatic rings. The maximum absolute atomic E-state index is 12.8. The number of carbonyl (C=O) groups is 1. The van der Waals surface area contributed by atoms with Crippen molar-refractivity contribution in [2.75, 3.05) is 0 Å². The number of aromatic nitrogens is 2. The minimum atomic E-state index is -0.428. The molecule has 0 bridgehead atoms. The zero-order valence-corrected chi connectivity index (χ0v) is 7.20. The van der Waals surface area contributed by atoms with Crippen LogP contribution in [0, 0.1) is 5.82 Å². The minimum Gasteiger partial charge on any atom is -0.342 e. The third kappa shape index (κ3) is 1.54. The maximum Gasteiger partial charge on any atom is 0.228 e. The van der Waals surface area contributed by atoms with Gasteiger partial charge >= 0.3 is 0 Å². The molecule has 0 amide bonds. The van der Waals surface area contributed by atoms with Gasteiger partial charge in [-0.25, -0.2) is 9.37 Å². The summed E-state index contributed by atoms with van der Waals surface area (Å²) in [5, 5.41) is 0. The highest BCUT2D eigenvalue weighted by atomic mass is 19.1. The minimum absolute atomic E-state index is 0.218. The lowest BCUT2D eigenvalue weighted by atomic mass is 10.1. The Hall–Kier alpha value is -1.97. The molecule has 1 aromatic carbocycles. The van der Waals surface area contributed by atoms with Gasteiger partial charge in [-0.05, 0) is 12.1 Å². The highest BCUT2D eigenvalue weighted by molar-refractivity contribution is 6.06. The molecule has 1 N–H and O–H groups in total. The second-order valence-electron chi connectivity index (χ2n) is 2.78. The lowest BCUT2D eigenvalue weighted by Crippen LogP contribution is -2.03. The van der Waals surface area contributed by atoms with E-state index in [9.17, 15) is 9.18 Å². The predicted octanol–water partition coefficient (Wildman–Crippen LogP) is 1.78. The van der Waals surface area contributed by atoms with Crippen molar-refractivity contribution >= 4 is 5.78 Å². The van der Waals surface area contributed by atoms with E-state index in [4.69, 9.17) is 0 Å². The second kappa shape index (κ2) is 3.41. The molecule has 0 radical (unpaired) electrons. The summed E-state index contributed by atoms with van der Waals surface area (Å²) in [7, 11) is 0. The number of imidazole rings is 1. The van der Waals surface area contributed by atoms with Crippen LogP contribution in [0.1, 0.15) is 16.2 Å². The molecule has 0 unspecified atom stereocenters. The van der Waals surface area contributed by atoms with Gasteiger partial charge < -0.3 is 4.98 Å². The average molecular weight is 190 g/mol. The summed E-state index contributed by atoms with van der Waals surface area (Å²) in [6.45, 7) is 0. The SMILES string of the molecule is O=C(c1cccc(F)c1)c1ncc[nH]1. The lowest BCUT2D eigenvalue weighted by molar-refractivity contribution is 0.103. The first-order valence-electron chi connectivity index (χ1n) is 4.07. The zero-order chi connectivity index (χ0) is 9.97. The number of nitrogens with one attached hydrogen (secondary N) is 1. The predicted molar refractivity (Wildman–Crippen MR) is 48.4 cm³/mol. The van der Waals surface area contributed by atoms with Crippen LogP contribution in [0.2, 0.25) is 0 Å². The topological polar surface area (TPSA) is 45.8 Å². The quantitative estimate of drug-likeness (QED) is 0.733. The largest absolute Gasteiger partial charge is 0.342 e. The Morgan fingerprint density at radius 3 is 2.93 bits per heavy atom. The molecule has 0 aliphatic carbocycles. The second-order valence-corrected chi connectivity index (χ2v) is 2.78. The summed E-state index contributed by atoms with van der Waals surface area (Å²) in [4.78, 5) is 18.1. The Labute approximate surface area is 79.6 Å². The normalized spacial score (nSPS) is 10.1. The summed E-state index contributed by atoms with van der Waals surface area (Å²) in [5.74, 6) is -0.521. The van der Waals surface area contributed by atoms with Crippen LogP contribution in [0.25, 0.3) is 0 Å². The van der Waals surface area contributed by atoms with Gasteiger partial charge in [-0.15, -0.1) is 0 Å². The van der Waals surface area contributed by atoms with E-state index in [1.54, 1.807) is 12.3 Å². The first-order valence-corrected chi connectivity index (χ1v) is 4.07. The van der Waals surface area contributed by atoms with Gasteiger partial charge in [0.1, 0.15) is 5.82 Å². The first-order chi connectivity index (χ1) is 6.77. The van der Waals surface area contributed by atoms with Crippen LogP contribution in [-0.2, 0) is 0 Å². The Morgan fingerprint density at radius 2 is 2.29 bits per heavy atom. The molecule has 0 aliphatic rings. The smallest absolute Gasteiger partial charge is 0.228 e. The fourth-order valence-corrected chi connectivity index (χ4v) is 1.16. The number of rotatable bonds is 2. The van der Waals surface area contributed by atoms with E-state index in [-0.39, 0.29) is 11.6 Å². The molecular formula is C10H7FN2O. The van der Waals surface area contributed by atoms with Crippen molar-refractivity contribution in [2.24, 2.45) is 0 Å². The van der Waals surface area contributed by atoms with Gasteiger partial charge in [0.2, 0.25) is 5.78 Å². The molecule has 0 spiro atoms. The van der Waals surface area contributed by atoms with E-state index in [0.29, 0.717) is 5.56 Å². The van der Waals surface area contributed by atoms with E-state index in [2.05, 4.69) is 9.97 Å². The van der Waals surface area contributed by atoms with Crippen molar-refractivity contribution in [3.63, 3.8) is 0 Å². The molecule has 14 heavy (non-hydrogen) atoms. The van der Waals surface area contributed by atoms with Gasteiger partial charge in [-0.3, -0.25) is 4.79 Å². The number of benzene rings is 1. The van der Waals surface area contributed by atoms with Crippen LogP contribution in [0.5, 0.6) is 0 Å². The van der Waals surface area contributed by atoms with Gasteiger partial charge in [0.05, 0.1) is 0 Å². The van der Waals surface area contributed by atoms with Crippen LogP contribution in [0.4, 0.5) is 4.39 Å². The van der Waals surface area contributed by atoms with Crippen molar-refractivity contribution < 1.29 is 9.18 Å². The van der Waals surface area contributed by atoms with Crippen molar-refractivity contribution in [3.05, 3.63) is 53.9 Å². The Balaban J connectivity index is 2.37. The lowest BCUT2D eigenvalue weighted by Gasteiger charge is -1.96. The van der Waals surface area contributed by atoms with Gasteiger partial charge in [-0.1, -0.05) is 12.1 Å². The summed E-state index contributed by atoms with van der Waals surface area (Å²) in [6.07, 6.45) is 3.03. The Morgan fingerprint density at radius 1 is 1.43 bits per heavy atom. The van der Waals surface area contributed by atoms with Crippen LogP contribution in [0.3, 0.4) is 0 Å². The van der Waals surface area contributed by atoms with E-state index in [0.717, 1.165) is 0 Å². The van der Waals surface area contributed by atoms with Crippen LogP contribution in [0.15, 0.2) is 36.7 Å². The summed E-state index contributed by atoms with van der Waals surface area (Å²) >= 11 is 0. The molecule has 4 heteroatoms. The molecular weight excluding hydrogens is 183 g/mol. The van der Waals surface area contributed by atoms with E-state index in [1.807, 2.05) is 0 Å². The van der Waals surface area contributed by atoms with Crippen molar-refractivity contribution in [1.82, 2.24) is 9.97 Å². The molecule has 0 atom stereocenters.